The van der Waals surface area contributed by atoms with Crippen LogP contribution in [0.4, 0.5) is 5.82 Å². The molecule has 126 valence electrons. The lowest BCUT2D eigenvalue weighted by molar-refractivity contribution is -0.115. The van der Waals surface area contributed by atoms with Gasteiger partial charge < -0.3 is 10.6 Å². The van der Waals surface area contributed by atoms with E-state index in [9.17, 15) is 9.59 Å². The topological polar surface area (TPSA) is 76.0 Å². The molecule has 0 radical (unpaired) electrons. The van der Waals surface area contributed by atoms with Crippen LogP contribution in [0.15, 0.2) is 36.4 Å². The van der Waals surface area contributed by atoms with Gasteiger partial charge in [0.1, 0.15) is 5.82 Å². The second-order valence-electron chi connectivity index (χ2n) is 6.02. The first-order valence-electron chi connectivity index (χ1n) is 8.43. The van der Waals surface area contributed by atoms with Crippen molar-refractivity contribution in [3.63, 3.8) is 0 Å². The number of benzene rings is 1. The highest BCUT2D eigenvalue weighted by molar-refractivity contribution is 5.95. The van der Waals surface area contributed by atoms with Crippen molar-refractivity contribution in [1.29, 1.82) is 0 Å². The first-order valence-corrected chi connectivity index (χ1v) is 8.43. The van der Waals surface area contributed by atoms with E-state index in [0.29, 0.717) is 17.9 Å². The number of hydrogen-bond donors (Lipinski definition) is 2. The fraction of sp³-hybridized carbons (Fsp3) is 0.389. The van der Waals surface area contributed by atoms with E-state index in [-0.39, 0.29) is 17.9 Å². The molecule has 1 saturated carbocycles. The summed E-state index contributed by atoms with van der Waals surface area (Å²) < 4.78 is 1.59. The average Bonchev–Trinajstić information content (AvgIpc) is 3.25. The van der Waals surface area contributed by atoms with Crippen LogP contribution < -0.4 is 10.6 Å². The number of amides is 2. The third-order valence-electron chi connectivity index (χ3n) is 4.22. The standard InChI is InChI=1S/C18H22N4O2/c1-2-17(23)20-16-12-15(18(24)19-13-8-6-7-9-13)21-22(16)14-10-4-3-5-11-14/h3-5,10-13H,2,6-9H2,1H3,(H,19,24)(H,20,23). The smallest absolute Gasteiger partial charge is 0.272 e. The van der Waals surface area contributed by atoms with Gasteiger partial charge in [-0.25, -0.2) is 4.68 Å². The number of rotatable bonds is 5. The van der Waals surface area contributed by atoms with Gasteiger partial charge in [-0.2, -0.15) is 5.10 Å². The molecule has 2 aromatic rings. The molecule has 0 bridgehead atoms. The van der Waals surface area contributed by atoms with Crippen molar-refractivity contribution in [2.24, 2.45) is 0 Å². The molecule has 1 aromatic heterocycles. The van der Waals surface area contributed by atoms with Crippen LogP contribution in [-0.4, -0.2) is 27.6 Å². The highest BCUT2D eigenvalue weighted by atomic mass is 16.2. The molecule has 1 fully saturated rings. The third kappa shape index (κ3) is 3.64. The number of aromatic nitrogens is 2. The van der Waals surface area contributed by atoms with Crippen LogP contribution in [0.25, 0.3) is 5.69 Å². The predicted molar refractivity (Wildman–Crippen MR) is 92.2 cm³/mol. The van der Waals surface area contributed by atoms with Crippen molar-refractivity contribution < 1.29 is 9.59 Å². The molecule has 1 aliphatic carbocycles. The molecule has 2 amide bonds. The molecule has 3 rings (SSSR count). The van der Waals surface area contributed by atoms with Gasteiger partial charge in [0.2, 0.25) is 5.91 Å². The van der Waals surface area contributed by atoms with E-state index in [4.69, 9.17) is 0 Å². The van der Waals surface area contributed by atoms with E-state index in [0.717, 1.165) is 31.4 Å². The fourth-order valence-electron chi connectivity index (χ4n) is 2.91. The lowest BCUT2D eigenvalue weighted by Gasteiger charge is -2.09. The summed E-state index contributed by atoms with van der Waals surface area (Å²) >= 11 is 0. The first-order chi connectivity index (χ1) is 11.7. The lowest BCUT2D eigenvalue weighted by atomic mass is 10.2. The molecule has 6 nitrogen and oxygen atoms in total. The Morgan fingerprint density at radius 3 is 2.58 bits per heavy atom. The van der Waals surface area contributed by atoms with E-state index in [2.05, 4.69) is 15.7 Å². The van der Waals surface area contributed by atoms with Gasteiger partial charge >= 0.3 is 0 Å². The zero-order valence-electron chi connectivity index (χ0n) is 13.8. The molecule has 1 aromatic carbocycles. The number of para-hydroxylation sites is 1. The third-order valence-corrected chi connectivity index (χ3v) is 4.22. The SMILES string of the molecule is CCC(=O)Nc1cc(C(=O)NC2CCCC2)nn1-c1ccccc1. The number of nitrogens with zero attached hydrogens (tertiary/aromatic N) is 2. The Hall–Kier alpha value is -2.63. The van der Waals surface area contributed by atoms with Crippen LogP contribution in [0.5, 0.6) is 0 Å². The van der Waals surface area contributed by atoms with E-state index in [1.165, 1.54) is 0 Å². The molecule has 6 heteroatoms. The normalized spacial score (nSPS) is 14.5. The maximum absolute atomic E-state index is 12.5. The van der Waals surface area contributed by atoms with Crippen molar-refractivity contribution in [2.75, 3.05) is 5.32 Å². The maximum Gasteiger partial charge on any atom is 0.272 e. The van der Waals surface area contributed by atoms with E-state index in [1.807, 2.05) is 30.3 Å². The summed E-state index contributed by atoms with van der Waals surface area (Å²) in [6, 6.07) is 11.3. The zero-order chi connectivity index (χ0) is 16.9. The predicted octanol–water partition coefficient (Wildman–Crippen LogP) is 2.89. The van der Waals surface area contributed by atoms with Gasteiger partial charge in [-0.1, -0.05) is 38.0 Å². The minimum Gasteiger partial charge on any atom is -0.348 e. The summed E-state index contributed by atoms with van der Waals surface area (Å²) in [6.45, 7) is 1.78. The summed E-state index contributed by atoms with van der Waals surface area (Å²) in [5, 5.41) is 10.2. The van der Waals surface area contributed by atoms with Crippen LogP contribution in [0.1, 0.15) is 49.5 Å². The van der Waals surface area contributed by atoms with E-state index in [1.54, 1.807) is 17.7 Å². The Kier molecular flexibility index (Phi) is 4.93. The summed E-state index contributed by atoms with van der Waals surface area (Å²) in [4.78, 5) is 24.2. The maximum atomic E-state index is 12.5. The fourth-order valence-corrected chi connectivity index (χ4v) is 2.91. The molecule has 0 atom stereocenters. The van der Waals surface area contributed by atoms with Crippen LogP contribution in [0.3, 0.4) is 0 Å². The number of hydrogen-bond acceptors (Lipinski definition) is 3. The molecular weight excluding hydrogens is 304 g/mol. The lowest BCUT2D eigenvalue weighted by Crippen LogP contribution is -2.32. The van der Waals surface area contributed by atoms with Gasteiger partial charge in [-0.15, -0.1) is 0 Å². The zero-order valence-corrected chi connectivity index (χ0v) is 13.8. The molecule has 2 N–H and O–H groups in total. The van der Waals surface area contributed by atoms with Crippen molar-refractivity contribution in [3.05, 3.63) is 42.1 Å². The largest absolute Gasteiger partial charge is 0.348 e. The minimum absolute atomic E-state index is 0.116. The molecule has 0 aliphatic heterocycles. The van der Waals surface area contributed by atoms with Gasteiger partial charge in [0.05, 0.1) is 5.69 Å². The highest BCUT2D eigenvalue weighted by Gasteiger charge is 2.21. The Balaban J connectivity index is 1.87. The van der Waals surface area contributed by atoms with Gasteiger partial charge in [-0.3, -0.25) is 9.59 Å². The Labute approximate surface area is 141 Å². The van der Waals surface area contributed by atoms with Gasteiger partial charge in [0.25, 0.3) is 5.91 Å². The molecule has 1 aliphatic rings. The molecule has 0 spiro atoms. The van der Waals surface area contributed by atoms with Crippen LogP contribution in [0.2, 0.25) is 0 Å². The molecule has 1 heterocycles. The number of nitrogens with one attached hydrogen (secondary N) is 2. The highest BCUT2D eigenvalue weighted by Crippen LogP contribution is 2.20. The first kappa shape index (κ1) is 16.2. The van der Waals surface area contributed by atoms with E-state index < -0.39 is 0 Å². The van der Waals surface area contributed by atoms with E-state index >= 15 is 0 Å². The van der Waals surface area contributed by atoms with Gasteiger partial charge in [0.15, 0.2) is 5.69 Å². The number of carbonyl (C=O) groups is 2. The molecule has 0 unspecified atom stereocenters. The van der Waals surface area contributed by atoms with Gasteiger partial charge in [0, 0.05) is 18.5 Å². The summed E-state index contributed by atoms with van der Waals surface area (Å²) in [7, 11) is 0. The Morgan fingerprint density at radius 1 is 1.21 bits per heavy atom. The number of carbonyl (C=O) groups excluding carboxylic acids is 2. The second-order valence-corrected chi connectivity index (χ2v) is 6.02. The Morgan fingerprint density at radius 2 is 1.92 bits per heavy atom. The average molecular weight is 326 g/mol. The van der Waals surface area contributed by atoms with Crippen molar-refractivity contribution in [2.45, 2.75) is 45.1 Å². The molecular formula is C18H22N4O2. The quantitative estimate of drug-likeness (QED) is 0.887. The molecule has 0 saturated heterocycles. The Bertz CT molecular complexity index is 718. The van der Waals surface area contributed by atoms with Crippen LogP contribution in [0, 0.1) is 0 Å². The van der Waals surface area contributed by atoms with Crippen molar-refractivity contribution in [3.8, 4) is 5.69 Å². The summed E-state index contributed by atoms with van der Waals surface area (Å²) in [5.41, 5.74) is 1.11. The number of anilines is 1. The second kappa shape index (κ2) is 7.29. The summed E-state index contributed by atoms with van der Waals surface area (Å²) in [5.74, 6) is 0.197. The monoisotopic (exact) mass is 326 g/mol. The summed E-state index contributed by atoms with van der Waals surface area (Å²) in [6.07, 6.45) is 4.71. The molecule has 24 heavy (non-hydrogen) atoms. The van der Waals surface area contributed by atoms with Crippen molar-refractivity contribution >= 4 is 17.6 Å². The minimum atomic E-state index is -0.191. The van der Waals surface area contributed by atoms with Gasteiger partial charge in [-0.05, 0) is 25.0 Å². The van der Waals surface area contributed by atoms with Crippen molar-refractivity contribution in [1.82, 2.24) is 15.1 Å². The van der Waals surface area contributed by atoms with Crippen LogP contribution in [-0.2, 0) is 4.79 Å². The van der Waals surface area contributed by atoms with Crippen LogP contribution >= 0.6 is 0 Å².